The maximum atomic E-state index is 11.7. The van der Waals surface area contributed by atoms with Crippen LogP contribution < -0.4 is 5.32 Å². The first-order chi connectivity index (χ1) is 8.45. The molecule has 0 bridgehead atoms. The second-order valence-corrected chi connectivity index (χ2v) is 5.33. The molecule has 1 aromatic rings. The molecular weight excluding hydrogens is 321 g/mol. The van der Waals surface area contributed by atoms with Gasteiger partial charge >= 0.3 is 5.97 Å². The number of halogens is 2. The predicted octanol–water partition coefficient (Wildman–Crippen LogP) is 2.89. The van der Waals surface area contributed by atoms with Crippen LogP contribution in [0.4, 0.5) is 5.82 Å². The molecule has 5 nitrogen and oxygen atoms in total. The number of nitrogens with zero attached hydrogens (tertiary/aromatic N) is 2. The Morgan fingerprint density at radius 2 is 2.22 bits per heavy atom. The van der Waals surface area contributed by atoms with E-state index in [1.165, 1.54) is 13.4 Å². The lowest BCUT2D eigenvalue weighted by atomic mass is 10.0. The molecule has 0 aliphatic carbocycles. The van der Waals surface area contributed by atoms with Gasteiger partial charge in [-0.05, 0) is 28.3 Å². The van der Waals surface area contributed by atoms with Crippen LogP contribution in [0.15, 0.2) is 10.8 Å². The molecule has 0 saturated heterocycles. The van der Waals surface area contributed by atoms with Gasteiger partial charge in [-0.15, -0.1) is 0 Å². The van der Waals surface area contributed by atoms with Crippen LogP contribution in [-0.2, 0) is 9.53 Å². The first-order valence-electron chi connectivity index (χ1n) is 5.46. The van der Waals surface area contributed by atoms with Crippen LogP contribution in [0.5, 0.6) is 0 Å². The number of rotatable bonds is 5. The molecule has 7 heteroatoms. The molecule has 0 spiro atoms. The molecular formula is C11H15BrClN3O2. The number of aromatic nitrogens is 2. The van der Waals surface area contributed by atoms with Crippen LogP contribution in [0.1, 0.15) is 20.3 Å². The lowest BCUT2D eigenvalue weighted by Crippen LogP contribution is -2.32. The van der Waals surface area contributed by atoms with E-state index in [2.05, 4.69) is 31.2 Å². The first kappa shape index (κ1) is 15.2. The van der Waals surface area contributed by atoms with Gasteiger partial charge in [-0.2, -0.15) is 0 Å². The Balaban J connectivity index is 2.88. The number of esters is 1. The molecule has 1 N–H and O–H groups in total. The first-order valence-corrected chi connectivity index (χ1v) is 6.63. The summed E-state index contributed by atoms with van der Waals surface area (Å²) in [4.78, 5) is 19.5. The zero-order valence-electron chi connectivity index (χ0n) is 10.4. The van der Waals surface area contributed by atoms with E-state index >= 15 is 0 Å². The van der Waals surface area contributed by atoms with Crippen molar-refractivity contribution in [2.24, 2.45) is 5.92 Å². The van der Waals surface area contributed by atoms with Gasteiger partial charge in [0.05, 0.1) is 11.6 Å². The number of carbonyl (C=O) groups excluding carboxylic acids is 1. The van der Waals surface area contributed by atoms with E-state index in [1.807, 2.05) is 13.8 Å². The van der Waals surface area contributed by atoms with Crippen LogP contribution in [-0.4, -0.2) is 29.1 Å². The van der Waals surface area contributed by atoms with E-state index in [4.69, 9.17) is 16.3 Å². The van der Waals surface area contributed by atoms with Crippen molar-refractivity contribution in [1.82, 2.24) is 9.97 Å². The van der Waals surface area contributed by atoms with Gasteiger partial charge < -0.3 is 10.1 Å². The Hall–Kier alpha value is -0.880. The fraction of sp³-hybridized carbons (Fsp3) is 0.545. The molecule has 0 aliphatic rings. The van der Waals surface area contributed by atoms with Gasteiger partial charge in [0.2, 0.25) is 0 Å². The topological polar surface area (TPSA) is 64.1 Å². The molecule has 0 saturated carbocycles. The molecule has 0 aliphatic heterocycles. The molecule has 18 heavy (non-hydrogen) atoms. The minimum Gasteiger partial charge on any atom is -0.467 e. The lowest BCUT2D eigenvalue weighted by molar-refractivity contribution is -0.141. The van der Waals surface area contributed by atoms with Crippen molar-refractivity contribution in [3.63, 3.8) is 0 Å². The van der Waals surface area contributed by atoms with Crippen LogP contribution in [0.2, 0.25) is 5.15 Å². The summed E-state index contributed by atoms with van der Waals surface area (Å²) in [6.07, 6.45) is 1.97. The molecule has 1 heterocycles. The van der Waals surface area contributed by atoms with Gasteiger partial charge in [-0.1, -0.05) is 25.4 Å². The molecule has 0 fully saturated rings. The van der Waals surface area contributed by atoms with Crippen molar-refractivity contribution >= 4 is 39.3 Å². The summed E-state index contributed by atoms with van der Waals surface area (Å²) in [6, 6.07) is -0.461. The standard InChI is InChI=1S/C11H15BrClN3O2/c1-6(2)4-7(11(17)18-3)16-10-8(12)9(13)14-5-15-10/h5-7H,4H2,1-3H3,(H,14,15,16). The largest absolute Gasteiger partial charge is 0.467 e. The van der Waals surface area contributed by atoms with Gasteiger partial charge in [0, 0.05) is 0 Å². The van der Waals surface area contributed by atoms with Crippen molar-refractivity contribution < 1.29 is 9.53 Å². The highest BCUT2D eigenvalue weighted by Gasteiger charge is 2.22. The summed E-state index contributed by atoms with van der Waals surface area (Å²) in [5.41, 5.74) is 0. The van der Waals surface area contributed by atoms with Crippen LogP contribution in [0, 0.1) is 5.92 Å². The molecule has 100 valence electrons. The smallest absolute Gasteiger partial charge is 0.328 e. The molecule has 0 amide bonds. The van der Waals surface area contributed by atoms with Gasteiger partial charge in [0.25, 0.3) is 0 Å². The maximum Gasteiger partial charge on any atom is 0.328 e. The Bertz CT molecular complexity index is 429. The lowest BCUT2D eigenvalue weighted by Gasteiger charge is -2.19. The zero-order valence-corrected chi connectivity index (χ0v) is 12.7. The highest BCUT2D eigenvalue weighted by Crippen LogP contribution is 2.27. The molecule has 1 rings (SSSR count). The summed E-state index contributed by atoms with van der Waals surface area (Å²) in [7, 11) is 1.36. The number of carbonyl (C=O) groups is 1. The number of methoxy groups -OCH3 is 1. The van der Waals surface area contributed by atoms with Crippen LogP contribution in [0.3, 0.4) is 0 Å². The molecule has 0 aromatic carbocycles. The minimum absolute atomic E-state index is 0.292. The minimum atomic E-state index is -0.461. The molecule has 1 aromatic heterocycles. The third-order valence-electron chi connectivity index (χ3n) is 2.25. The molecule has 0 radical (unpaired) electrons. The third-order valence-corrected chi connectivity index (χ3v) is 3.52. The van der Waals surface area contributed by atoms with Crippen LogP contribution in [0.25, 0.3) is 0 Å². The summed E-state index contributed by atoms with van der Waals surface area (Å²) >= 11 is 9.14. The SMILES string of the molecule is COC(=O)C(CC(C)C)Nc1ncnc(Cl)c1Br. The Labute approximate surface area is 119 Å². The highest BCUT2D eigenvalue weighted by molar-refractivity contribution is 9.10. The van der Waals surface area contributed by atoms with Crippen molar-refractivity contribution in [2.75, 3.05) is 12.4 Å². The summed E-state index contributed by atoms with van der Waals surface area (Å²) in [5.74, 6) is 0.495. The second kappa shape index (κ2) is 6.89. The van der Waals surface area contributed by atoms with E-state index < -0.39 is 6.04 Å². The Morgan fingerprint density at radius 1 is 1.56 bits per heavy atom. The highest BCUT2D eigenvalue weighted by atomic mass is 79.9. The number of anilines is 1. The summed E-state index contributed by atoms with van der Waals surface area (Å²) in [5, 5.41) is 3.31. The average Bonchev–Trinajstić information content (AvgIpc) is 2.32. The number of hydrogen-bond donors (Lipinski definition) is 1. The number of nitrogens with one attached hydrogen (secondary N) is 1. The fourth-order valence-corrected chi connectivity index (χ4v) is 1.89. The van der Waals surface area contributed by atoms with Gasteiger partial charge in [-0.25, -0.2) is 14.8 Å². The normalized spacial score (nSPS) is 12.3. The van der Waals surface area contributed by atoms with Crippen molar-refractivity contribution in [1.29, 1.82) is 0 Å². The Morgan fingerprint density at radius 3 is 2.78 bits per heavy atom. The summed E-state index contributed by atoms with van der Waals surface area (Å²) in [6.45, 7) is 4.05. The van der Waals surface area contributed by atoms with Crippen molar-refractivity contribution in [3.8, 4) is 0 Å². The maximum absolute atomic E-state index is 11.7. The van der Waals surface area contributed by atoms with Gasteiger partial charge in [-0.3, -0.25) is 0 Å². The molecule has 1 unspecified atom stereocenters. The van der Waals surface area contributed by atoms with Gasteiger partial charge in [0.1, 0.15) is 23.3 Å². The van der Waals surface area contributed by atoms with E-state index in [0.717, 1.165) is 0 Å². The summed E-state index contributed by atoms with van der Waals surface area (Å²) < 4.78 is 5.29. The van der Waals surface area contributed by atoms with E-state index in [1.54, 1.807) is 0 Å². The number of hydrogen-bond acceptors (Lipinski definition) is 5. The third kappa shape index (κ3) is 4.10. The number of ether oxygens (including phenoxy) is 1. The van der Waals surface area contributed by atoms with E-state index in [-0.39, 0.29) is 5.97 Å². The monoisotopic (exact) mass is 335 g/mol. The van der Waals surface area contributed by atoms with Crippen LogP contribution >= 0.6 is 27.5 Å². The second-order valence-electron chi connectivity index (χ2n) is 4.18. The van der Waals surface area contributed by atoms with Crippen molar-refractivity contribution in [3.05, 3.63) is 16.0 Å². The van der Waals surface area contributed by atoms with Gasteiger partial charge in [0.15, 0.2) is 0 Å². The van der Waals surface area contributed by atoms with E-state index in [0.29, 0.717) is 27.8 Å². The quantitative estimate of drug-likeness (QED) is 0.661. The van der Waals surface area contributed by atoms with E-state index in [9.17, 15) is 4.79 Å². The zero-order chi connectivity index (χ0) is 13.7. The Kier molecular flexibility index (Phi) is 5.81. The predicted molar refractivity (Wildman–Crippen MR) is 73.6 cm³/mol. The fourth-order valence-electron chi connectivity index (χ4n) is 1.44. The average molecular weight is 337 g/mol. The van der Waals surface area contributed by atoms with Crippen molar-refractivity contribution in [2.45, 2.75) is 26.3 Å². The molecule has 1 atom stereocenters.